The van der Waals surface area contributed by atoms with E-state index in [2.05, 4.69) is 46.9 Å². The molecule has 0 unspecified atom stereocenters. The van der Waals surface area contributed by atoms with Gasteiger partial charge in [0.25, 0.3) is 17.7 Å². The van der Waals surface area contributed by atoms with Gasteiger partial charge in [0.1, 0.15) is 17.5 Å². The average Bonchev–Trinajstić information content (AvgIpc) is 3.43. The van der Waals surface area contributed by atoms with Gasteiger partial charge in [0.2, 0.25) is 0 Å². The van der Waals surface area contributed by atoms with Crippen molar-refractivity contribution < 1.29 is 14.4 Å². The van der Waals surface area contributed by atoms with Crippen molar-refractivity contribution in [2.24, 2.45) is 0 Å². The SMILES string of the molecule is Cc1ccc2c(c1)NC(=O)c1cccnc1N2.O=C1Nc2ccccc2Nc2ncccc21.O=C1Nc2ccccc2Nc2ncccc21. The molecule has 3 aliphatic rings. The molecule has 6 aromatic rings. The summed E-state index contributed by atoms with van der Waals surface area (Å²) in [6.07, 6.45) is 4.98. The molecular weight excluding hydrogens is 618 g/mol. The van der Waals surface area contributed by atoms with Crippen molar-refractivity contribution in [1.29, 1.82) is 0 Å². The van der Waals surface area contributed by atoms with Crippen LogP contribution in [0.2, 0.25) is 0 Å². The maximum atomic E-state index is 12.0. The first kappa shape index (κ1) is 30.6. The second kappa shape index (κ2) is 13.3. The van der Waals surface area contributed by atoms with Crippen LogP contribution in [0, 0.1) is 6.92 Å². The van der Waals surface area contributed by atoms with Crippen molar-refractivity contribution in [3.63, 3.8) is 0 Å². The van der Waals surface area contributed by atoms with Gasteiger partial charge in [-0.25, -0.2) is 15.0 Å². The fourth-order valence-electron chi connectivity index (χ4n) is 5.29. The molecule has 3 aromatic carbocycles. The Kier molecular flexibility index (Phi) is 8.32. The fourth-order valence-corrected chi connectivity index (χ4v) is 5.29. The molecule has 6 heterocycles. The molecule has 3 amide bonds. The third-order valence-corrected chi connectivity index (χ3v) is 7.69. The Hall–Kier alpha value is -7.08. The van der Waals surface area contributed by atoms with E-state index in [1.54, 1.807) is 55.0 Å². The molecule has 3 aliphatic heterocycles. The van der Waals surface area contributed by atoms with Crippen molar-refractivity contribution in [3.8, 4) is 0 Å². The molecule has 240 valence electrons. The van der Waals surface area contributed by atoms with E-state index >= 15 is 0 Å². The van der Waals surface area contributed by atoms with Crippen LogP contribution in [0.25, 0.3) is 0 Å². The molecule has 9 rings (SSSR count). The molecule has 0 atom stereocenters. The summed E-state index contributed by atoms with van der Waals surface area (Å²) < 4.78 is 0. The maximum Gasteiger partial charge on any atom is 0.259 e. The normalized spacial score (nSPS) is 12.9. The fraction of sp³-hybridized carbons (Fsp3) is 0.0270. The van der Waals surface area contributed by atoms with Gasteiger partial charge >= 0.3 is 0 Å². The lowest BCUT2D eigenvalue weighted by molar-refractivity contribution is 0.101. The lowest BCUT2D eigenvalue weighted by Gasteiger charge is -2.08. The van der Waals surface area contributed by atoms with Crippen LogP contribution in [-0.4, -0.2) is 32.7 Å². The Bertz CT molecular complexity index is 2130. The number of hydrogen-bond donors (Lipinski definition) is 6. The molecule has 12 nitrogen and oxygen atoms in total. The number of hydrogen-bond acceptors (Lipinski definition) is 9. The Balaban J connectivity index is 0.000000116. The summed E-state index contributed by atoms with van der Waals surface area (Å²) in [6, 6.07) is 31.4. The predicted octanol–water partition coefficient (Wildman–Crippen LogP) is 7.48. The van der Waals surface area contributed by atoms with E-state index in [1.165, 1.54) is 0 Å². The minimum absolute atomic E-state index is 0.134. The lowest BCUT2D eigenvalue weighted by Crippen LogP contribution is -2.10. The van der Waals surface area contributed by atoms with Crippen LogP contribution < -0.4 is 31.9 Å². The molecule has 12 heteroatoms. The molecule has 49 heavy (non-hydrogen) atoms. The number of fused-ring (bicyclic) bond motifs is 6. The number of aromatic nitrogens is 3. The number of benzene rings is 3. The van der Waals surface area contributed by atoms with E-state index < -0.39 is 0 Å². The van der Waals surface area contributed by atoms with Gasteiger partial charge in [0.15, 0.2) is 0 Å². The van der Waals surface area contributed by atoms with E-state index in [1.807, 2.05) is 73.7 Å². The molecule has 0 saturated heterocycles. The summed E-state index contributed by atoms with van der Waals surface area (Å²) in [5.41, 5.74) is 7.66. The van der Waals surface area contributed by atoms with Crippen LogP contribution in [0.3, 0.4) is 0 Å². The summed E-state index contributed by atoms with van der Waals surface area (Å²) in [4.78, 5) is 48.2. The number of nitrogens with one attached hydrogen (secondary N) is 6. The zero-order valence-electron chi connectivity index (χ0n) is 26.1. The van der Waals surface area contributed by atoms with Gasteiger partial charge in [0, 0.05) is 18.6 Å². The second-order valence-corrected chi connectivity index (χ2v) is 11.1. The summed E-state index contributed by atoms with van der Waals surface area (Å²) in [5.74, 6) is 1.36. The summed E-state index contributed by atoms with van der Waals surface area (Å²) in [7, 11) is 0. The van der Waals surface area contributed by atoms with Gasteiger partial charge in [-0.05, 0) is 85.3 Å². The van der Waals surface area contributed by atoms with Gasteiger partial charge in [-0.15, -0.1) is 0 Å². The van der Waals surface area contributed by atoms with E-state index in [9.17, 15) is 14.4 Å². The van der Waals surface area contributed by atoms with Gasteiger partial charge < -0.3 is 31.9 Å². The molecule has 0 fully saturated rings. The quantitative estimate of drug-likeness (QED) is 0.0981. The second-order valence-electron chi connectivity index (χ2n) is 11.1. The first-order valence-electron chi connectivity index (χ1n) is 15.3. The zero-order chi connectivity index (χ0) is 33.7. The van der Waals surface area contributed by atoms with E-state index in [-0.39, 0.29) is 17.7 Å². The molecule has 3 aromatic heterocycles. The van der Waals surface area contributed by atoms with Crippen LogP contribution in [0.15, 0.2) is 122 Å². The number of carbonyl (C=O) groups excluding carboxylic acids is 3. The molecule has 6 N–H and O–H groups in total. The molecule has 0 radical (unpaired) electrons. The first-order valence-corrected chi connectivity index (χ1v) is 15.3. The highest BCUT2D eigenvalue weighted by Gasteiger charge is 2.21. The highest BCUT2D eigenvalue weighted by Crippen LogP contribution is 2.32. The van der Waals surface area contributed by atoms with Crippen molar-refractivity contribution in [3.05, 3.63) is 144 Å². The Morgan fingerprint density at radius 3 is 1.14 bits per heavy atom. The van der Waals surface area contributed by atoms with E-state index in [0.717, 1.165) is 39.7 Å². The summed E-state index contributed by atoms with van der Waals surface area (Å²) in [6.45, 7) is 1.99. The van der Waals surface area contributed by atoms with E-state index in [4.69, 9.17) is 0 Å². The van der Waals surface area contributed by atoms with Gasteiger partial charge in [-0.3, -0.25) is 14.4 Å². The van der Waals surface area contributed by atoms with Crippen LogP contribution in [0.4, 0.5) is 51.6 Å². The number of amides is 3. The van der Waals surface area contributed by atoms with Gasteiger partial charge in [-0.1, -0.05) is 30.3 Å². The lowest BCUT2D eigenvalue weighted by atomic mass is 10.2. The van der Waals surface area contributed by atoms with Crippen LogP contribution in [-0.2, 0) is 0 Å². The summed E-state index contributed by atoms with van der Waals surface area (Å²) in [5, 5.41) is 18.0. The number of rotatable bonds is 0. The van der Waals surface area contributed by atoms with Crippen LogP contribution >= 0.6 is 0 Å². The van der Waals surface area contributed by atoms with Gasteiger partial charge in [-0.2, -0.15) is 0 Å². The van der Waals surface area contributed by atoms with Crippen molar-refractivity contribution in [1.82, 2.24) is 15.0 Å². The summed E-state index contributed by atoms with van der Waals surface area (Å²) >= 11 is 0. The van der Waals surface area contributed by atoms with Crippen LogP contribution in [0.1, 0.15) is 36.6 Å². The number of aryl methyl sites for hydroxylation is 1. The smallest absolute Gasteiger partial charge is 0.259 e. The van der Waals surface area contributed by atoms with Crippen molar-refractivity contribution in [2.45, 2.75) is 6.92 Å². The minimum Gasteiger partial charge on any atom is -0.338 e. The number of nitrogens with zero attached hydrogens (tertiary/aromatic N) is 3. The number of carbonyl (C=O) groups is 3. The minimum atomic E-state index is -0.138. The molecule has 0 bridgehead atoms. The number of anilines is 9. The Morgan fingerprint density at radius 2 is 0.735 bits per heavy atom. The topological polar surface area (TPSA) is 162 Å². The molecule has 0 saturated carbocycles. The highest BCUT2D eigenvalue weighted by atomic mass is 16.2. The maximum absolute atomic E-state index is 12.0. The standard InChI is InChI=1S/C13H11N3O.2C12H9N3O/c1-8-4-5-10-11(7-8)16-13(17)9-3-2-6-14-12(9)15-10;2*16-12-8-4-3-7-13-11(8)14-9-5-1-2-6-10(9)15-12/h2-7H,1H3,(H,14,15)(H,16,17);2*1-7H,(H,13,14)(H,15,16). The number of para-hydroxylation sites is 4. The molecule has 0 spiro atoms. The Morgan fingerprint density at radius 1 is 0.388 bits per heavy atom. The molecule has 0 aliphatic carbocycles. The predicted molar refractivity (Wildman–Crippen MR) is 190 cm³/mol. The number of pyridine rings is 3. The third-order valence-electron chi connectivity index (χ3n) is 7.69. The largest absolute Gasteiger partial charge is 0.338 e. The monoisotopic (exact) mass is 647 g/mol. The van der Waals surface area contributed by atoms with Crippen molar-refractivity contribution in [2.75, 3.05) is 31.9 Å². The van der Waals surface area contributed by atoms with Crippen molar-refractivity contribution >= 4 is 69.3 Å². The van der Waals surface area contributed by atoms with Gasteiger partial charge in [0.05, 0.1) is 50.8 Å². The average molecular weight is 648 g/mol. The van der Waals surface area contributed by atoms with Crippen LogP contribution in [0.5, 0.6) is 0 Å². The third kappa shape index (κ3) is 6.60. The zero-order valence-corrected chi connectivity index (χ0v) is 26.1. The van der Waals surface area contributed by atoms with E-state index in [0.29, 0.717) is 34.1 Å². The molecular formula is C37H29N9O3. The first-order chi connectivity index (χ1) is 23.9. The highest BCUT2D eigenvalue weighted by molar-refractivity contribution is 6.13. The Labute approximate surface area is 281 Å².